The van der Waals surface area contributed by atoms with Gasteiger partial charge in [-0.25, -0.2) is 0 Å². The Morgan fingerprint density at radius 1 is 1.06 bits per heavy atom. The third-order valence-electron chi connectivity index (χ3n) is 2.83. The number of unbranched alkanes of at least 4 members (excludes halogenated alkanes) is 4. The number of nitrogens with one attached hydrogen (secondary N) is 1. The summed E-state index contributed by atoms with van der Waals surface area (Å²) in [6.07, 6.45) is 6.66. The van der Waals surface area contributed by atoms with Gasteiger partial charge >= 0.3 is 0 Å². The van der Waals surface area contributed by atoms with Crippen molar-refractivity contribution in [2.75, 3.05) is 12.3 Å². The second-order valence-corrected chi connectivity index (χ2v) is 4.29. The van der Waals surface area contributed by atoms with Gasteiger partial charge in [-0.3, -0.25) is 0 Å². The lowest BCUT2D eigenvalue weighted by molar-refractivity contribution is 0.584. The predicted molar refractivity (Wildman–Crippen MR) is 71.3 cm³/mol. The zero-order valence-corrected chi connectivity index (χ0v) is 10.3. The van der Waals surface area contributed by atoms with Gasteiger partial charge in [-0.2, -0.15) is 0 Å². The van der Waals surface area contributed by atoms with E-state index in [1.165, 1.54) is 37.7 Å². The van der Waals surface area contributed by atoms with E-state index in [0.717, 1.165) is 18.8 Å². The zero-order valence-electron chi connectivity index (χ0n) is 10.3. The Hall–Kier alpha value is -1.02. The van der Waals surface area contributed by atoms with Crippen LogP contribution in [-0.2, 0) is 6.54 Å². The minimum atomic E-state index is 0.889. The molecular weight excluding hydrogens is 196 g/mol. The molecule has 2 heteroatoms. The van der Waals surface area contributed by atoms with Crippen LogP contribution in [0.2, 0.25) is 0 Å². The number of nitrogen functional groups attached to an aromatic ring is 1. The molecule has 0 saturated heterocycles. The fraction of sp³-hybridized carbons (Fsp3) is 0.571. The van der Waals surface area contributed by atoms with Crippen molar-refractivity contribution >= 4 is 5.69 Å². The minimum absolute atomic E-state index is 0.889. The smallest absolute Gasteiger partial charge is 0.0359 e. The molecule has 0 saturated carbocycles. The lowest BCUT2D eigenvalue weighted by Crippen LogP contribution is -2.15. The van der Waals surface area contributed by atoms with Crippen molar-refractivity contribution in [1.29, 1.82) is 0 Å². The Kier molecular flexibility index (Phi) is 6.66. The summed E-state index contributed by atoms with van der Waals surface area (Å²) in [5, 5.41) is 3.44. The van der Waals surface area contributed by atoms with Crippen LogP contribution >= 0.6 is 0 Å². The first-order chi connectivity index (χ1) is 7.84. The van der Waals surface area contributed by atoms with E-state index < -0.39 is 0 Å². The van der Waals surface area contributed by atoms with E-state index in [-0.39, 0.29) is 0 Å². The normalized spacial score (nSPS) is 10.6. The van der Waals surface area contributed by atoms with Gasteiger partial charge in [0.2, 0.25) is 0 Å². The van der Waals surface area contributed by atoms with Gasteiger partial charge in [0.15, 0.2) is 0 Å². The van der Waals surface area contributed by atoms with Crippen LogP contribution in [0.1, 0.15) is 44.6 Å². The molecule has 0 aliphatic heterocycles. The highest BCUT2D eigenvalue weighted by atomic mass is 14.8. The number of anilines is 1. The molecule has 90 valence electrons. The Balaban J connectivity index is 2.05. The van der Waals surface area contributed by atoms with Crippen LogP contribution in [0.4, 0.5) is 5.69 Å². The van der Waals surface area contributed by atoms with Crippen LogP contribution in [0.25, 0.3) is 0 Å². The second kappa shape index (κ2) is 8.17. The summed E-state index contributed by atoms with van der Waals surface area (Å²) in [6, 6.07) is 8.05. The summed E-state index contributed by atoms with van der Waals surface area (Å²) in [7, 11) is 0. The molecule has 0 unspecified atom stereocenters. The molecule has 0 radical (unpaired) electrons. The van der Waals surface area contributed by atoms with Gasteiger partial charge in [-0.15, -0.1) is 0 Å². The monoisotopic (exact) mass is 220 g/mol. The molecular formula is C14H24N2. The van der Waals surface area contributed by atoms with Crippen LogP contribution in [0, 0.1) is 0 Å². The van der Waals surface area contributed by atoms with Crippen molar-refractivity contribution in [2.24, 2.45) is 0 Å². The number of nitrogens with two attached hydrogens (primary N) is 1. The molecule has 3 N–H and O–H groups in total. The molecule has 0 amide bonds. The van der Waals surface area contributed by atoms with Crippen molar-refractivity contribution in [2.45, 2.75) is 45.6 Å². The fourth-order valence-corrected chi connectivity index (χ4v) is 1.77. The maximum Gasteiger partial charge on any atom is 0.0359 e. The molecule has 0 heterocycles. The molecule has 0 spiro atoms. The third kappa shape index (κ3) is 5.17. The Labute approximate surface area is 99.2 Å². The largest absolute Gasteiger partial charge is 0.398 e. The molecule has 1 aromatic rings. The summed E-state index contributed by atoms with van der Waals surface area (Å²) in [5.41, 5.74) is 7.96. The number of rotatable bonds is 8. The van der Waals surface area contributed by atoms with Crippen molar-refractivity contribution in [1.82, 2.24) is 5.32 Å². The maximum absolute atomic E-state index is 5.86. The molecule has 1 rings (SSSR count). The van der Waals surface area contributed by atoms with E-state index in [1.807, 2.05) is 18.2 Å². The first-order valence-electron chi connectivity index (χ1n) is 6.38. The number of hydrogen-bond donors (Lipinski definition) is 2. The summed E-state index contributed by atoms with van der Waals surface area (Å²) in [4.78, 5) is 0. The SMILES string of the molecule is CCCCCCCNCc1ccccc1N. The summed E-state index contributed by atoms with van der Waals surface area (Å²) in [6.45, 7) is 4.23. The molecule has 0 bridgehead atoms. The topological polar surface area (TPSA) is 38.0 Å². The van der Waals surface area contributed by atoms with Crippen LogP contribution in [0.15, 0.2) is 24.3 Å². The highest BCUT2D eigenvalue weighted by Crippen LogP contribution is 2.09. The third-order valence-corrected chi connectivity index (χ3v) is 2.83. The van der Waals surface area contributed by atoms with Gasteiger partial charge in [-0.05, 0) is 24.6 Å². The van der Waals surface area contributed by atoms with Crippen molar-refractivity contribution in [3.05, 3.63) is 29.8 Å². The van der Waals surface area contributed by atoms with Crippen LogP contribution in [0.3, 0.4) is 0 Å². The Morgan fingerprint density at radius 3 is 2.56 bits per heavy atom. The highest BCUT2D eigenvalue weighted by molar-refractivity contribution is 5.46. The van der Waals surface area contributed by atoms with E-state index in [1.54, 1.807) is 0 Å². The van der Waals surface area contributed by atoms with Gasteiger partial charge in [0, 0.05) is 12.2 Å². The number of benzene rings is 1. The summed E-state index contributed by atoms with van der Waals surface area (Å²) in [5.74, 6) is 0. The van der Waals surface area contributed by atoms with E-state index >= 15 is 0 Å². The molecule has 1 aromatic carbocycles. The Morgan fingerprint density at radius 2 is 1.81 bits per heavy atom. The summed E-state index contributed by atoms with van der Waals surface area (Å²) < 4.78 is 0. The van der Waals surface area contributed by atoms with Crippen LogP contribution in [0.5, 0.6) is 0 Å². The lowest BCUT2D eigenvalue weighted by Gasteiger charge is -2.07. The first-order valence-corrected chi connectivity index (χ1v) is 6.38. The van der Waals surface area contributed by atoms with E-state index in [9.17, 15) is 0 Å². The average Bonchev–Trinajstić information content (AvgIpc) is 2.30. The average molecular weight is 220 g/mol. The van der Waals surface area contributed by atoms with E-state index in [4.69, 9.17) is 5.73 Å². The Bertz CT molecular complexity index is 284. The summed E-state index contributed by atoms with van der Waals surface area (Å²) >= 11 is 0. The van der Waals surface area contributed by atoms with E-state index in [0.29, 0.717) is 0 Å². The number of hydrogen-bond acceptors (Lipinski definition) is 2. The van der Waals surface area contributed by atoms with Gasteiger partial charge in [0.25, 0.3) is 0 Å². The molecule has 0 aromatic heterocycles. The molecule has 0 atom stereocenters. The zero-order chi connectivity index (χ0) is 11.6. The van der Waals surface area contributed by atoms with Crippen molar-refractivity contribution in [3.63, 3.8) is 0 Å². The molecule has 0 aliphatic rings. The predicted octanol–water partition coefficient (Wildman–Crippen LogP) is 3.33. The molecule has 0 aliphatic carbocycles. The standard InChI is InChI=1S/C14H24N2/c1-2-3-4-5-8-11-16-12-13-9-6-7-10-14(13)15/h6-7,9-10,16H,2-5,8,11-12,15H2,1H3. The van der Waals surface area contributed by atoms with Crippen LogP contribution in [-0.4, -0.2) is 6.54 Å². The van der Waals surface area contributed by atoms with Gasteiger partial charge in [0.1, 0.15) is 0 Å². The lowest BCUT2D eigenvalue weighted by atomic mass is 10.1. The molecule has 16 heavy (non-hydrogen) atoms. The highest BCUT2D eigenvalue weighted by Gasteiger charge is 1.96. The van der Waals surface area contributed by atoms with E-state index in [2.05, 4.69) is 18.3 Å². The molecule has 2 nitrogen and oxygen atoms in total. The maximum atomic E-state index is 5.86. The van der Waals surface area contributed by atoms with Gasteiger partial charge in [0.05, 0.1) is 0 Å². The second-order valence-electron chi connectivity index (χ2n) is 4.29. The molecule has 0 fully saturated rings. The first kappa shape index (κ1) is 13.0. The van der Waals surface area contributed by atoms with Crippen LogP contribution < -0.4 is 11.1 Å². The fourth-order valence-electron chi connectivity index (χ4n) is 1.77. The number of para-hydroxylation sites is 1. The van der Waals surface area contributed by atoms with Gasteiger partial charge in [-0.1, -0.05) is 50.8 Å². The van der Waals surface area contributed by atoms with Gasteiger partial charge < -0.3 is 11.1 Å². The quantitative estimate of drug-likeness (QED) is 0.521. The van der Waals surface area contributed by atoms with Crippen molar-refractivity contribution < 1.29 is 0 Å². The minimum Gasteiger partial charge on any atom is -0.398 e. The van der Waals surface area contributed by atoms with Crippen molar-refractivity contribution in [3.8, 4) is 0 Å².